The van der Waals surface area contributed by atoms with Crippen molar-refractivity contribution in [2.45, 2.75) is 36.3 Å². The number of hydrogen-bond donors (Lipinski definition) is 1. The predicted octanol–water partition coefficient (Wildman–Crippen LogP) is 2.16. The molecule has 20 heavy (non-hydrogen) atoms. The van der Waals surface area contributed by atoms with Crippen LogP contribution in [0.4, 0.5) is 4.39 Å². The molecule has 0 saturated heterocycles. The van der Waals surface area contributed by atoms with E-state index in [4.69, 9.17) is 11.6 Å². The number of aromatic nitrogens is 3. The van der Waals surface area contributed by atoms with Gasteiger partial charge in [0.1, 0.15) is 24.1 Å². The third-order valence-corrected chi connectivity index (χ3v) is 4.55. The molecule has 1 aromatic heterocycles. The zero-order chi connectivity index (χ0) is 14.2. The Balaban J connectivity index is 1.84. The van der Waals surface area contributed by atoms with Gasteiger partial charge in [0.2, 0.25) is 0 Å². The summed E-state index contributed by atoms with van der Waals surface area (Å²) in [7, 11) is 0. The summed E-state index contributed by atoms with van der Waals surface area (Å²) < 4.78 is 14.5. The molecule has 1 saturated carbocycles. The molecule has 1 heterocycles. The minimum atomic E-state index is -1.12. The third-order valence-electron chi connectivity index (χ3n) is 3.82. The molecule has 1 atom stereocenters. The first-order valence-corrected chi connectivity index (χ1v) is 6.87. The van der Waals surface area contributed by atoms with Gasteiger partial charge in [-0.25, -0.2) is 14.1 Å². The highest BCUT2D eigenvalue weighted by Gasteiger charge is 2.57. The Hall–Kier alpha value is -1.46. The van der Waals surface area contributed by atoms with Gasteiger partial charge in [-0.2, -0.15) is 5.10 Å². The molecular formula is C14H15ClFN3O. The van der Waals surface area contributed by atoms with Crippen molar-refractivity contribution in [1.29, 1.82) is 0 Å². The van der Waals surface area contributed by atoms with Crippen molar-refractivity contribution < 1.29 is 9.50 Å². The molecule has 0 spiro atoms. The lowest BCUT2D eigenvalue weighted by atomic mass is 9.89. The Morgan fingerprint density at radius 3 is 2.60 bits per heavy atom. The van der Waals surface area contributed by atoms with E-state index >= 15 is 0 Å². The van der Waals surface area contributed by atoms with Gasteiger partial charge in [-0.3, -0.25) is 0 Å². The summed E-state index contributed by atoms with van der Waals surface area (Å²) in [4.78, 5) is 3.24. The molecule has 2 aromatic rings. The number of rotatable bonds is 5. The fourth-order valence-corrected chi connectivity index (χ4v) is 2.67. The summed E-state index contributed by atoms with van der Waals surface area (Å²) in [5.41, 5.74) is -0.277. The predicted molar refractivity (Wildman–Crippen MR) is 72.9 cm³/mol. The minimum Gasteiger partial charge on any atom is -0.386 e. The number of halogens is 2. The Labute approximate surface area is 121 Å². The van der Waals surface area contributed by atoms with Crippen molar-refractivity contribution >= 4 is 11.6 Å². The lowest BCUT2D eigenvalue weighted by molar-refractivity contribution is 0.00763. The normalized spacial score (nSPS) is 19.6. The Morgan fingerprint density at radius 2 is 2.05 bits per heavy atom. The zero-order valence-corrected chi connectivity index (χ0v) is 11.6. The molecule has 0 radical (unpaired) electrons. The molecule has 1 unspecified atom stereocenters. The molecule has 1 N–H and O–H groups in total. The molecule has 0 amide bonds. The zero-order valence-electron chi connectivity index (χ0n) is 10.8. The highest BCUT2D eigenvalue weighted by Crippen LogP contribution is 2.52. The van der Waals surface area contributed by atoms with Gasteiger partial charge in [-0.05, 0) is 30.5 Å². The van der Waals surface area contributed by atoms with E-state index in [0.29, 0.717) is 6.42 Å². The van der Waals surface area contributed by atoms with Crippen molar-refractivity contribution in [2.24, 2.45) is 0 Å². The van der Waals surface area contributed by atoms with Crippen molar-refractivity contribution in [3.8, 4) is 0 Å². The fraction of sp³-hybridized carbons (Fsp3) is 0.429. The number of hydrogen-bond acceptors (Lipinski definition) is 3. The van der Waals surface area contributed by atoms with E-state index in [1.165, 1.54) is 18.5 Å². The van der Waals surface area contributed by atoms with Crippen molar-refractivity contribution in [1.82, 2.24) is 14.8 Å². The topological polar surface area (TPSA) is 50.9 Å². The van der Waals surface area contributed by atoms with Gasteiger partial charge in [0.15, 0.2) is 0 Å². The van der Waals surface area contributed by atoms with Gasteiger partial charge in [0.25, 0.3) is 0 Å². The Kier molecular flexibility index (Phi) is 3.26. The maximum absolute atomic E-state index is 13.0. The van der Waals surface area contributed by atoms with Crippen LogP contribution in [-0.4, -0.2) is 30.3 Å². The standard InChI is InChI=1S/C14H15ClFN3O/c15-13(5-6-13)14(20,8-19-10-17-9-18-19)7-11-1-3-12(16)4-2-11/h1-4,9-10,20H,5-8H2. The largest absolute Gasteiger partial charge is 0.386 e. The van der Waals surface area contributed by atoms with Gasteiger partial charge in [0.05, 0.1) is 11.4 Å². The van der Waals surface area contributed by atoms with Gasteiger partial charge in [0, 0.05) is 6.42 Å². The quantitative estimate of drug-likeness (QED) is 0.860. The van der Waals surface area contributed by atoms with E-state index in [1.807, 2.05) is 0 Å². The summed E-state index contributed by atoms with van der Waals surface area (Å²) >= 11 is 6.46. The molecule has 1 aromatic carbocycles. The van der Waals surface area contributed by atoms with Crippen LogP contribution in [0.25, 0.3) is 0 Å². The van der Waals surface area contributed by atoms with Crippen LogP contribution < -0.4 is 0 Å². The lowest BCUT2D eigenvalue weighted by Gasteiger charge is -2.33. The second-order valence-electron chi connectivity index (χ2n) is 5.39. The van der Waals surface area contributed by atoms with Gasteiger partial charge in [-0.15, -0.1) is 11.6 Å². The fourth-order valence-electron chi connectivity index (χ4n) is 2.45. The average Bonchev–Trinajstić information content (AvgIpc) is 2.98. The maximum atomic E-state index is 13.0. The second-order valence-corrected chi connectivity index (χ2v) is 6.12. The highest BCUT2D eigenvalue weighted by molar-refractivity contribution is 6.26. The van der Waals surface area contributed by atoms with Gasteiger partial charge >= 0.3 is 0 Å². The highest BCUT2D eigenvalue weighted by atomic mass is 35.5. The molecular weight excluding hydrogens is 281 g/mol. The first-order valence-electron chi connectivity index (χ1n) is 6.49. The SMILES string of the molecule is OC(Cc1ccc(F)cc1)(Cn1cncn1)C1(Cl)CC1. The first kappa shape index (κ1) is 13.5. The molecule has 4 nitrogen and oxygen atoms in total. The number of nitrogens with zero attached hydrogens (tertiary/aromatic N) is 3. The van der Waals surface area contributed by atoms with Crippen LogP contribution >= 0.6 is 11.6 Å². The van der Waals surface area contributed by atoms with Crippen molar-refractivity contribution in [3.05, 3.63) is 48.3 Å². The molecule has 6 heteroatoms. The molecule has 0 aliphatic heterocycles. The average molecular weight is 296 g/mol. The van der Waals surface area contributed by atoms with Crippen LogP contribution in [0.2, 0.25) is 0 Å². The van der Waals surface area contributed by atoms with E-state index in [2.05, 4.69) is 10.1 Å². The van der Waals surface area contributed by atoms with Crippen LogP contribution in [0.15, 0.2) is 36.9 Å². The lowest BCUT2D eigenvalue weighted by Crippen LogP contribution is -2.47. The molecule has 3 rings (SSSR count). The number of alkyl halides is 1. The number of aliphatic hydroxyl groups is 1. The summed E-state index contributed by atoms with van der Waals surface area (Å²) in [6.07, 6.45) is 4.86. The second kappa shape index (κ2) is 4.82. The third kappa shape index (κ3) is 2.55. The smallest absolute Gasteiger partial charge is 0.137 e. The van der Waals surface area contributed by atoms with Crippen LogP contribution in [0.3, 0.4) is 0 Å². The molecule has 0 bridgehead atoms. The summed E-state index contributed by atoms with van der Waals surface area (Å²) in [6.45, 7) is 0.272. The van der Waals surface area contributed by atoms with Crippen LogP contribution in [0.5, 0.6) is 0 Å². The summed E-state index contributed by atoms with van der Waals surface area (Å²) in [5.74, 6) is -0.291. The minimum absolute atomic E-state index is 0.272. The van der Waals surface area contributed by atoms with Crippen LogP contribution in [0.1, 0.15) is 18.4 Å². The van der Waals surface area contributed by atoms with Crippen LogP contribution in [0, 0.1) is 5.82 Å². The van der Waals surface area contributed by atoms with Gasteiger partial charge in [-0.1, -0.05) is 12.1 Å². The van der Waals surface area contributed by atoms with E-state index in [0.717, 1.165) is 18.4 Å². The summed E-state index contributed by atoms with van der Waals surface area (Å²) in [5, 5.41) is 15.0. The van der Waals surface area contributed by atoms with Crippen molar-refractivity contribution in [2.75, 3.05) is 0 Å². The summed E-state index contributed by atoms with van der Waals surface area (Å²) in [6, 6.07) is 6.12. The van der Waals surface area contributed by atoms with E-state index in [9.17, 15) is 9.50 Å². The monoisotopic (exact) mass is 295 g/mol. The molecule has 1 aliphatic carbocycles. The molecule has 1 aliphatic rings. The molecule has 1 fully saturated rings. The van der Waals surface area contributed by atoms with E-state index < -0.39 is 10.5 Å². The molecule has 106 valence electrons. The number of benzene rings is 1. The first-order chi connectivity index (χ1) is 9.51. The van der Waals surface area contributed by atoms with E-state index in [1.54, 1.807) is 23.1 Å². The van der Waals surface area contributed by atoms with E-state index in [-0.39, 0.29) is 12.4 Å². The maximum Gasteiger partial charge on any atom is 0.137 e. The van der Waals surface area contributed by atoms with Gasteiger partial charge < -0.3 is 5.11 Å². The van der Waals surface area contributed by atoms with Crippen molar-refractivity contribution in [3.63, 3.8) is 0 Å². The van der Waals surface area contributed by atoms with Crippen LogP contribution in [-0.2, 0) is 13.0 Å². The Bertz CT molecular complexity index is 583. The Morgan fingerprint density at radius 1 is 1.35 bits per heavy atom.